The van der Waals surface area contributed by atoms with Crippen LogP contribution in [0.5, 0.6) is 0 Å². The lowest BCUT2D eigenvalue weighted by Crippen LogP contribution is -2.34. The van der Waals surface area contributed by atoms with E-state index in [0.29, 0.717) is 0 Å². The third-order valence-corrected chi connectivity index (χ3v) is 5.19. The minimum Gasteiger partial charge on any atom is -0.381 e. The van der Waals surface area contributed by atoms with Crippen LogP contribution in [0.3, 0.4) is 0 Å². The number of ether oxygens (including phenoxy) is 1. The second-order valence-electron chi connectivity index (χ2n) is 5.22. The van der Waals surface area contributed by atoms with Gasteiger partial charge in [-0.15, -0.1) is 11.3 Å². The van der Waals surface area contributed by atoms with Crippen molar-refractivity contribution < 1.29 is 4.74 Å². The summed E-state index contributed by atoms with van der Waals surface area (Å²) in [4.78, 5) is 6.03. The molecule has 3 nitrogen and oxygen atoms in total. The molecule has 4 heteroatoms. The predicted molar refractivity (Wildman–Crippen MR) is 82.2 cm³/mol. The van der Waals surface area contributed by atoms with Crippen molar-refractivity contribution in [3.63, 3.8) is 0 Å². The Morgan fingerprint density at radius 2 is 2.00 bits per heavy atom. The largest absolute Gasteiger partial charge is 0.381 e. The normalized spacial score (nSPS) is 18.1. The van der Waals surface area contributed by atoms with E-state index in [9.17, 15) is 0 Å². The van der Waals surface area contributed by atoms with Gasteiger partial charge in [0, 0.05) is 30.8 Å². The first-order valence-electron chi connectivity index (χ1n) is 7.08. The molecule has 1 aromatic heterocycles. The van der Waals surface area contributed by atoms with Crippen LogP contribution in [0.25, 0.3) is 0 Å². The molecule has 1 saturated heterocycles. The van der Waals surface area contributed by atoms with Gasteiger partial charge in [0.1, 0.15) is 5.01 Å². The van der Waals surface area contributed by atoms with E-state index in [1.54, 1.807) is 0 Å². The van der Waals surface area contributed by atoms with Gasteiger partial charge in [-0.25, -0.2) is 4.98 Å². The third kappa shape index (κ3) is 2.51. The zero-order chi connectivity index (χ0) is 13.8. The van der Waals surface area contributed by atoms with Gasteiger partial charge in [0.15, 0.2) is 0 Å². The molecule has 0 bridgehead atoms. The van der Waals surface area contributed by atoms with Crippen LogP contribution in [0.15, 0.2) is 36.5 Å². The average Bonchev–Trinajstić information content (AvgIpc) is 2.98. The van der Waals surface area contributed by atoms with Crippen molar-refractivity contribution in [2.24, 2.45) is 0 Å². The number of hydrogen-bond donors (Lipinski definition) is 1. The molecule has 0 radical (unpaired) electrons. The van der Waals surface area contributed by atoms with Crippen LogP contribution in [0.1, 0.15) is 28.3 Å². The summed E-state index contributed by atoms with van der Waals surface area (Å²) >= 11 is 1.83. The summed E-state index contributed by atoms with van der Waals surface area (Å²) in [5.74, 6) is 0. The van der Waals surface area contributed by atoms with E-state index in [0.717, 1.165) is 32.6 Å². The SMILES string of the molecule is CNCc1cnc(C2(c3ccccc3)CCOCC2)s1. The Balaban J connectivity index is 2.00. The number of thiazole rings is 1. The van der Waals surface area contributed by atoms with Crippen molar-refractivity contribution in [2.75, 3.05) is 20.3 Å². The Hall–Kier alpha value is -1.23. The van der Waals surface area contributed by atoms with Crippen molar-refractivity contribution in [1.29, 1.82) is 0 Å². The van der Waals surface area contributed by atoms with E-state index in [-0.39, 0.29) is 5.41 Å². The second kappa shape index (κ2) is 6.04. The molecular formula is C16H20N2OS. The Morgan fingerprint density at radius 1 is 1.25 bits per heavy atom. The molecule has 0 unspecified atom stereocenters. The van der Waals surface area contributed by atoms with Crippen LogP contribution in [0, 0.1) is 0 Å². The molecule has 1 aromatic carbocycles. The van der Waals surface area contributed by atoms with Crippen molar-refractivity contribution in [3.8, 4) is 0 Å². The van der Waals surface area contributed by atoms with E-state index >= 15 is 0 Å². The maximum absolute atomic E-state index is 5.59. The van der Waals surface area contributed by atoms with Gasteiger partial charge < -0.3 is 10.1 Å². The smallest absolute Gasteiger partial charge is 0.104 e. The van der Waals surface area contributed by atoms with E-state index in [1.807, 2.05) is 24.6 Å². The summed E-state index contributed by atoms with van der Waals surface area (Å²) in [6.07, 6.45) is 4.05. The van der Waals surface area contributed by atoms with E-state index in [1.165, 1.54) is 15.4 Å². The van der Waals surface area contributed by atoms with Gasteiger partial charge >= 0.3 is 0 Å². The fourth-order valence-corrected chi connectivity index (χ4v) is 4.08. The highest BCUT2D eigenvalue weighted by Crippen LogP contribution is 2.42. The molecule has 3 rings (SSSR count). The maximum atomic E-state index is 5.59. The minimum absolute atomic E-state index is 0.0379. The summed E-state index contributed by atoms with van der Waals surface area (Å²) in [6, 6.07) is 10.8. The lowest BCUT2D eigenvalue weighted by Gasteiger charge is -2.36. The third-order valence-electron chi connectivity index (χ3n) is 3.99. The van der Waals surface area contributed by atoms with Crippen LogP contribution in [-0.2, 0) is 16.7 Å². The Kier molecular flexibility index (Phi) is 4.15. The Morgan fingerprint density at radius 3 is 2.70 bits per heavy atom. The molecule has 1 aliphatic heterocycles. The average molecular weight is 288 g/mol. The van der Waals surface area contributed by atoms with Crippen molar-refractivity contribution in [3.05, 3.63) is 52.0 Å². The first-order valence-corrected chi connectivity index (χ1v) is 7.90. The molecule has 1 fully saturated rings. The summed E-state index contributed by atoms with van der Waals surface area (Å²) in [5.41, 5.74) is 1.41. The Bertz CT molecular complexity index is 547. The first-order chi connectivity index (χ1) is 9.85. The zero-order valence-electron chi connectivity index (χ0n) is 11.8. The molecule has 20 heavy (non-hydrogen) atoms. The molecule has 0 amide bonds. The van der Waals surface area contributed by atoms with Gasteiger partial charge in [-0.3, -0.25) is 0 Å². The zero-order valence-corrected chi connectivity index (χ0v) is 12.6. The topological polar surface area (TPSA) is 34.2 Å². The maximum Gasteiger partial charge on any atom is 0.104 e. The van der Waals surface area contributed by atoms with E-state index < -0.39 is 0 Å². The van der Waals surface area contributed by atoms with Gasteiger partial charge in [-0.1, -0.05) is 30.3 Å². The summed E-state index contributed by atoms with van der Waals surface area (Å²) < 4.78 is 5.59. The van der Waals surface area contributed by atoms with Crippen molar-refractivity contribution in [2.45, 2.75) is 24.8 Å². The number of nitrogens with zero attached hydrogens (tertiary/aromatic N) is 1. The number of benzene rings is 1. The summed E-state index contributed by atoms with van der Waals surface area (Å²) in [7, 11) is 1.97. The highest BCUT2D eigenvalue weighted by Gasteiger charge is 2.38. The fraction of sp³-hybridized carbons (Fsp3) is 0.438. The first kappa shape index (κ1) is 13.7. The van der Waals surface area contributed by atoms with Crippen LogP contribution in [0.2, 0.25) is 0 Å². The lowest BCUT2D eigenvalue weighted by atomic mass is 9.75. The quantitative estimate of drug-likeness (QED) is 0.939. The predicted octanol–water partition coefficient (Wildman–Crippen LogP) is 2.96. The number of nitrogens with one attached hydrogen (secondary N) is 1. The highest BCUT2D eigenvalue weighted by molar-refractivity contribution is 7.11. The molecule has 2 aromatic rings. The molecule has 0 spiro atoms. The van der Waals surface area contributed by atoms with Gasteiger partial charge in [-0.05, 0) is 25.5 Å². The lowest BCUT2D eigenvalue weighted by molar-refractivity contribution is 0.0630. The molecular weight excluding hydrogens is 268 g/mol. The van der Waals surface area contributed by atoms with Crippen LogP contribution in [-0.4, -0.2) is 25.2 Å². The molecule has 0 saturated carbocycles. The van der Waals surface area contributed by atoms with Gasteiger partial charge in [-0.2, -0.15) is 0 Å². The molecule has 0 aliphatic carbocycles. The van der Waals surface area contributed by atoms with Gasteiger partial charge in [0.05, 0.1) is 5.41 Å². The number of hydrogen-bond acceptors (Lipinski definition) is 4. The van der Waals surface area contributed by atoms with E-state index in [4.69, 9.17) is 9.72 Å². The van der Waals surface area contributed by atoms with E-state index in [2.05, 4.69) is 35.6 Å². The van der Waals surface area contributed by atoms with Crippen LogP contribution in [0.4, 0.5) is 0 Å². The molecule has 1 N–H and O–H groups in total. The van der Waals surface area contributed by atoms with Gasteiger partial charge in [0.25, 0.3) is 0 Å². The number of rotatable bonds is 4. The fourth-order valence-electron chi connectivity index (χ4n) is 2.89. The monoisotopic (exact) mass is 288 g/mol. The number of aromatic nitrogens is 1. The van der Waals surface area contributed by atoms with Crippen LogP contribution >= 0.6 is 11.3 Å². The molecule has 1 aliphatic rings. The van der Waals surface area contributed by atoms with Crippen molar-refractivity contribution >= 4 is 11.3 Å². The molecule has 106 valence electrons. The molecule has 0 atom stereocenters. The summed E-state index contributed by atoms with van der Waals surface area (Å²) in [6.45, 7) is 2.52. The summed E-state index contributed by atoms with van der Waals surface area (Å²) in [5, 5.41) is 4.43. The van der Waals surface area contributed by atoms with Gasteiger partial charge in [0.2, 0.25) is 0 Å². The molecule has 2 heterocycles. The Labute approximate surface area is 124 Å². The highest BCUT2D eigenvalue weighted by atomic mass is 32.1. The van der Waals surface area contributed by atoms with Crippen molar-refractivity contribution in [1.82, 2.24) is 10.3 Å². The minimum atomic E-state index is 0.0379. The standard InChI is InChI=1S/C16H20N2OS/c1-17-11-14-12-18-15(20-14)16(7-9-19-10-8-16)13-5-3-2-4-6-13/h2-6,12,17H,7-11H2,1H3. The van der Waals surface area contributed by atoms with Crippen LogP contribution < -0.4 is 5.32 Å². The second-order valence-corrected chi connectivity index (χ2v) is 6.34.